The largest absolute Gasteiger partial charge is 0.444 e. The summed E-state index contributed by atoms with van der Waals surface area (Å²) in [6.45, 7) is 8.41. The minimum Gasteiger partial charge on any atom is -0.444 e. The maximum absolute atomic E-state index is 12.7. The third-order valence-electron chi connectivity index (χ3n) is 6.72. The number of ether oxygens (including phenoxy) is 1. The summed E-state index contributed by atoms with van der Waals surface area (Å²) in [5, 5.41) is 0.0661. The number of fused-ring (bicyclic) bond motifs is 2. The van der Waals surface area contributed by atoms with Crippen molar-refractivity contribution in [3.05, 3.63) is 53.3 Å². The Hall–Kier alpha value is -2.28. The third kappa shape index (κ3) is 3.06. The van der Waals surface area contributed by atoms with Gasteiger partial charge in [-0.1, -0.05) is 26.8 Å². The molecule has 4 atom stereocenters. The van der Waals surface area contributed by atoms with E-state index < -0.39 is 6.09 Å². The fraction of sp³-hybridized carbons (Fsp3) is 0.500. The standard InChI is InChI=1S/C22H27N3O3S/c1-6-29-18-10-15-9-17-16(13(2)20(26)24(17)5)11-22(15,4)14(3)19(18)28-21(27)25-8-7-23-12-25/h7-10,12,14,18-19H,6,11H2,1-5H3/t14-,18+,19+,22+/m0/s1. The van der Waals surface area contributed by atoms with Crippen molar-refractivity contribution in [2.75, 3.05) is 12.8 Å². The number of rotatable bonds is 3. The first-order valence-corrected chi connectivity index (χ1v) is 11.1. The molecule has 29 heavy (non-hydrogen) atoms. The molecule has 0 N–H and O–H groups in total. The molecule has 0 saturated carbocycles. The lowest BCUT2D eigenvalue weighted by Crippen LogP contribution is -2.48. The molecule has 0 fully saturated rings. The van der Waals surface area contributed by atoms with Gasteiger partial charge in [0.1, 0.15) is 12.4 Å². The monoisotopic (exact) mass is 413 g/mol. The first kappa shape index (κ1) is 20.0. The van der Waals surface area contributed by atoms with Gasteiger partial charge >= 0.3 is 6.09 Å². The van der Waals surface area contributed by atoms with E-state index in [0.29, 0.717) is 0 Å². The Morgan fingerprint density at radius 3 is 2.86 bits per heavy atom. The van der Waals surface area contributed by atoms with Crippen LogP contribution in [0, 0.1) is 11.3 Å². The van der Waals surface area contributed by atoms with E-state index in [1.54, 1.807) is 29.1 Å². The van der Waals surface area contributed by atoms with Gasteiger partial charge in [0.25, 0.3) is 5.91 Å². The zero-order valence-corrected chi connectivity index (χ0v) is 18.3. The van der Waals surface area contributed by atoms with Gasteiger partial charge in [-0.15, -0.1) is 0 Å². The Morgan fingerprint density at radius 2 is 2.21 bits per heavy atom. The number of hydrogen-bond acceptors (Lipinski definition) is 5. The SMILES string of the molecule is CCS[C@@H]1C=C2C=C3C(=C(C)C(=O)N3C)C[C@]2(C)[C@@H](C)[C@H]1OC(=O)n1ccnc1. The summed E-state index contributed by atoms with van der Waals surface area (Å²) in [5.74, 6) is 1.10. The Bertz CT molecular complexity index is 947. The number of likely N-dealkylation sites (N-methyl/N-ethyl adjacent to an activating group) is 1. The molecule has 1 aromatic rings. The highest BCUT2D eigenvalue weighted by Gasteiger charge is 2.51. The van der Waals surface area contributed by atoms with Gasteiger partial charge in [-0.2, -0.15) is 11.8 Å². The van der Waals surface area contributed by atoms with Crippen LogP contribution in [-0.4, -0.2) is 50.6 Å². The average molecular weight is 414 g/mol. The summed E-state index contributed by atoms with van der Waals surface area (Å²) >= 11 is 1.78. The first-order chi connectivity index (χ1) is 13.8. The number of carbonyl (C=O) groups is 2. The smallest absolute Gasteiger partial charge is 0.419 e. The van der Waals surface area contributed by atoms with Gasteiger partial charge in [-0.25, -0.2) is 14.3 Å². The summed E-state index contributed by atoms with van der Waals surface area (Å²) in [4.78, 5) is 30.8. The molecule has 1 amide bonds. The highest BCUT2D eigenvalue weighted by molar-refractivity contribution is 8.00. The fourth-order valence-corrected chi connectivity index (χ4v) is 5.81. The lowest BCUT2D eigenvalue weighted by Gasteiger charge is -2.49. The van der Waals surface area contributed by atoms with Crippen LogP contribution in [0.2, 0.25) is 0 Å². The minimum absolute atomic E-state index is 0.0661. The summed E-state index contributed by atoms with van der Waals surface area (Å²) in [5.41, 5.74) is 3.99. The van der Waals surface area contributed by atoms with Crippen molar-refractivity contribution in [3.8, 4) is 0 Å². The Morgan fingerprint density at radius 1 is 1.45 bits per heavy atom. The lowest BCUT2D eigenvalue weighted by atomic mass is 9.60. The maximum Gasteiger partial charge on any atom is 0.419 e. The predicted molar refractivity (Wildman–Crippen MR) is 113 cm³/mol. The predicted octanol–water partition coefficient (Wildman–Crippen LogP) is 4.02. The molecule has 1 aliphatic heterocycles. The second-order valence-corrected chi connectivity index (χ2v) is 9.70. The summed E-state index contributed by atoms with van der Waals surface area (Å²) < 4.78 is 7.39. The van der Waals surface area contributed by atoms with Crippen LogP contribution in [-0.2, 0) is 9.53 Å². The van der Waals surface area contributed by atoms with Crippen molar-refractivity contribution in [2.24, 2.45) is 11.3 Å². The zero-order chi connectivity index (χ0) is 20.9. The highest BCUT2D eigenvalue weighted by atomic mass is 32.2. The van der Waals surface area contributed by atoms with E-state index in [9.17, 15) is 9.59 Å². The van der Waals surface area contributed by atoms with Gasteiger partial charge < -0.3 is 9.64 Å². The van der Waals surface area contributed by atoms with E-state index >= 15 is 0 Å². The molecular weight excluding hydrogens is 386 g/mol. The van der Waals surface area contributed by atoms with Crippen molar-refractivity contribution >= 4 is 23.8 Å². The molecule has 2 aliphatic carbocycles. The number of nitrogens with zero attached hydrogens (tertiary/aromatic N) is 3. The van der Waals surface area contributed by atoms with Crippen LogP contribution in [0.4, 0.5) is 4.79 Å². The van der Waals surface area contributed by atoms with Crippen molar-refractivity contribution in [2.45, 2.75) is 45.5 Å². The quantitative estimate of drug-likeness (QED) is 0.749. The molecule has 1 aromatic heterocycles. The summed E-state index contributed by atoms with van der Waals surface area (Å²) in [6.07, 6.45) is 9.16. The normalized spacial score (nSPS) is 31.3. The minimum atomic E-state index is -0.403. The molecule has 0 saturated heterocycles. The number of hydrogen-bond donors (Lipinski definition) is 0. The van der Waals surface area contributed by atoms with Gasteiger partial charge in [-0.05, 0) is 36.3 Å². The fourth-order valence-electron chi connectivity index (χ4n) is 4.70. The number of amides is 1. The average Bonchev–Trinajstić information content (AvgIpc) is 3.30. The van der Waals surface area contributed by atoms with Crippen LogP contribution in [0.15, 0.2) is 53.3 Å². The molecule has 154 valence electrons. The van der Waals surface area contributed by atoms with Crippen molar-refractivity contribution in [3.63, 3.8) is 0 Å². The molecular formula is C22H27N3O3S. The van der Waals surface area contributed by atoms with E-state index in [0.717, 1.165) is 29.0 Å². The van der Waals surface area contributed by atoms with Crippen molar-refractivity contribution in [1.29, 1.82) is 0 Å². The number of imidazole rings is 1. The number of thioether (sulfide) groups is 1. The van der Waals surface area contributed by atoms with E-state index in [2.05, 4.69) is 37.9 Å². The van der Waals surface area contributed by atoms with Gasteiger partial charge in [-0.3, -0.25) is 4.79 Å². The van der Waals surface area contributed by atoms with Gasteiger partial charge in [0.05, 0.1) is 5.25 Å². The van der Waals surface area contributed by atoms with E-state index in [1.807, 2.05) is 14.0 Å². The molecule has 6 nitrogen and oxygen atoms in total. The van der Waals surface area contributed by atoms with Crippen LogP contribution in [0.25, 0.3) is 0 Å². The summed E-state index contributed by atoms with van der Waals surface area (Å²) in [6, 6.07) is 0. The Labute approximate surface area is 175 Å². The first-order valence-electron chi connectivity index (χ1n) is 10.0. The number of carbonyl (C=O) groups excluding carboxylic acids is 2. The topological polar surface area (TPSA) is 64.4 Å². The van der Waals surface area contributed by atoms with Crippen LogP contribution in [0.3, 0.4) is 0 Å². The van der Waals surface area contributed by atoms with Crippen molar-refractivity contribution in [1.82, 2.24) is 14.5 Å². The van der Waals surface area contributed by atoms with Crippen LogP contribution >= 0.6 is 11.8 Å². The van der Waals surface area contributed by atoms with Gasteiger partial charge in [0.2, 0.25) is 0 Å². The molecule has 0 unspecified atom stereocenters. The number of aromatic nitrogens is 2. The van der Waals surface area contributed by atoms with Gasteiger partial charge in [0, 0.05) is 42.0 Å². The Balaban J connectivity index is 1.73. The van der Waals surface area contributed by atoms with Crippen LogP contribution in [0.1, 0.15) is 34.1 Å². The zero-order valence-electron chi connectivity index (χ0n) is 17.5. The van der Waals surface area contributed by atoms with E-state index in [1.165, 1.54) is 16.5 Å². The Kier molecular flexibility index (Phi) is 4.97. The molecule has 7 heteroatoms. The second-order valence-electron chi connectivity index (χ2n) is 8.24. The molecule has 2 heterocycles. The van der Waals surface area contributed by atoms with E-state index in [-0.39, 0.29) is 28.6 Å². The van der Waals surface area contributed by atoms with Crippen molar-refractivity contribution < 1.29 is 14.3 Å². The van der Waals surface area contributed by atoms with Gasteiger partial charge in [0.15, 0.2) is 0 Å². The number of allylic oxidation sites excluding steroid dienone is 3. The molecule has 0 spiro atoms. The molecule has 0 radical (unpaired) electrons. The lowest BCUT2D eigenvalue weighted by molar-refractivity contribution is -0.123. The molecule has 3 aliphatic rings. The summed E-state index contributed by atoms with van der Waals surface area (Å²) in [7, 11) is 1.84. The second kappa shape index (κ2) is 7.20. The third-order valence-corrected chi connectivity index (χ3v) is 7.84. The maximum atomic E-state index is 12.7. The highest BCUT2D eigenvalue weighted by Crippen LogP contribution is 2.55. The molecule has 0 bridgehead atoms. The molecule has 0 aromatic carbocycles. The molecule has 4 rings (SSSR count). The van der Waals surface area contributed by atoms with E-state index in [4.69, 9.17) is 4.74 Å². The van der Waals surface area contributed by atoms with Crippen LogP contribution in [0.5, 0.6) is 0 Å². The van der Waals surface area contributed by atoms with Crippen LogP contribution < -0.4 is 0 Å².